The monoisotopic (exact) mass is 358 g/mol. The predicted molar refractivity (Wildman–Crippen MR) is 105 cm³/mol. The molecule has 1 rings (SSSR count). The van der Waals surface area contributed by atoms with Crippen LogP contribution in [0.4, 0.5) is 0 Å². The van der Waals surface area contributed by atoms with E-state index in [0.29, 0.717) is 12.8 Å². The minimum absolute atomic E-state index is 0.154. The topological polar surface area (TPSA) is 72.2 Å². The van der Waals surface area contributed by atoms with Crippen molar-refractivity contribution < 1.29 is 9.59 Å². The fourth-order valence-corrected chi connectivity index (χ4v) is 2.87. The molecular formula is C20H30N2O2Si. The van der Waals surface area contributed by atoms with E-state index in [4.69, 9.17) is 5.73 Å². The van der Waals surface area contributed by atoms with Crippen LogP contribution in [0.15, 0.2) is 30.3 Å². The Hall–Kier alpha value is -2.06. The zero-order chi connectivity index (χ0) is 19.1. The van der Waals surface area contributed by atoms with Crippen molar-refractivity contribution >= 4 is 19.9 Å². The van der Waals surface area contributed by atoms with E-state index in [-0.39, 0.29) is 17.4 Å². The van der Waals surface area contributed by atoms with E-state index in [2.05, 4.69) is 50.6 Å². The zero-order valence-electron chi connectivity index (χ0n) is 16.0. The van der Waals surface area contributed by atoms with Crippen molar-refractivity contribution in [2.75, 3.05) is 0 Å². The minimum Gasteiger partial charge on any atom is -0.368 e. The van der Waals surface area contributed by atoms with E-state index in [1.807, 2.05) is 30.3 Å². The Morgan fingerprint density at radius 3 is 2.32 bits per heavy atom. The van der Waals surface area contributed by atoms with Crippen LogP contribution in [0.1, 0.15) is 39.2 Å². The third kappa shape index (κ3) is 7.14. The summed E-state index contributed by atoms with van der Waals surface area (Å²) >= 11 is 0. The summed E-state index contributed by atoms with van der Waals surface area (Å²) in [4.78, 5) is 23.7. The molecule has 0 aliphatic heterocycles. The fraction of sp³-hybridized carbons (Fsp3) is 0.500. The highest BCUT2D eigenvalue weighted by molar-refractivity contribution is 6.87. The molecule has 25 heavy (non-hydrogen) atoms. The Balaban J connectivity index is 2.60. The standard InChI is InChI=1S/C20H30N2O2Si/c1-20(2,3)25(4,5)15-9-12-17(19(21)24)22-18(23)14-13-16-10-7-6-8-11-16/h6-8,10-11,17H,12-14H2,1-5H3,(H2,21,24)(H,22,23)/t17-/m1/s1. The van der Waals surface area contributed by atoms with Crippen molar-refractivity contribution in [1.82, 2.24) is 5.32 Å². The molecule has 0 saturated heterocycles. The van der Waals surface area contributed by atoms with Gasteiger partial charge in [-0.05, 0) is 17.0 Å². The van der Waals surface area contributed by atoms with E-state index in [1.165, 1.54) is 0 Å². The van der Waals surface area contributed by atoms with Crippen molar-refractivity contribution in [3.05, 3.63) is 35.9 Å². The third-order valence-corrected chi connectivity index (χ3v) is 9.30. The number of aryl methyl sites for hydroxylation is 1. The van der Waals surface area contributed by atoms with E-state index >= 15 is 0 Å². The first-order valence-corrected chi connectivity index (χ1v) is 11.7. The highest BCUT2D eigenvalue weighted by Crippen LogP contribution is 2.35. The smallest absolute Gasteiger partial charge is 0.240 e. The number of carbonyl (C=O) groups excluding carboxylic acids is 2. The molecule has 5 heteroatoms. The highest BCUT2D eigenvalue weighted by atomic mass is 28.3. The van der Waals surface area contributed by atoms with E-state index in [1.54, 1.807) is 0 Å². The summed E-state index contributed by atoms with van der Waals surface area (Å²) in [5.41, 5.74) is 9.85. The molecule has 0 bridgehead atoms. The van der Waals surface area contributed by atoms with Crippen molar-refractivity contribution in [2.24, 2.45) is 5.73 Å². The van der Waals surface area contributed by atoms with Gasteiger partial charge >= 0.3 is 0 Å². The van der Waals surface area contributed by atoms with Gasteiger partial charge in [0, 0.05) is 12.8 Å². The molecule has 0 heterocycles. The van der Waals surface area contributed by atoms with Crippen LogP contribution in [-0.4, -0.2) is 25.9 Å². The van der Waals surface area contributed by atoms with Crippen LogP contribution in [0, 0.1) is 11.5 Å². The largest absolute Gasteiger partial charge is 0.368 e. The second-order valence-corrected chi connectivity index (χ2v) is 12.9. The Morgan fingerprint density at radius 1 is 1.20 bits per heavy atom. The molecule has 0 aliphatic rings. The molecule has 2 amide bonds. The first-order chi connectivity index (χ1) is 11.5. The lowest BCUT2D eigenvalue weighted by molar-refractivity contribution is -0.127. The Bertz CT molecular complexity index is 652. The first-order valence-electron chi connectivity index (χ1n) is 8.65. The van der Waals surface area contributed by atoms with Gasteiger partial charge in [-0.15, -0.1) is 11.5 Å². The number of nitrogens with two attached hydrogens (primary N) is 1. The molecule has 0 saturated carbocycles. The first kappa shape index (κ1) is 21.0. The van der Waals surface area contributed by atoms with Gasteiger partial charge < -0.3 is 11.1 Å². The van der Waals surface area contributed by atoms with Crippen LogP contribution in [0.25, 0.3) is 0 Å². The Kier molecular flexibility index (Phi) is 7.44. The molecular weight excluding hydrogens is 328 g/mol. The lowest BCUT2D eigenvalue weighted by Crippen LogP contribution is -2.44. The fourth-order valence-electron chi connectivity index (χ4n) is 1.95. The average Bonchev–Trinajstić information content (AvgIpc) is 2.51. The highest BCUT2D eigenvalue weighted by Gasteiger charge is 2.33. The Morgan fingerprint density at radius 2 is 1.80 bits per heavy atom. The number of nitrogens with one attached hydrogen (secondary N) is 1. The summed E-state index contributed by atoms with van der Waals surface area (Å²) < 4.78 is 0. The maximum absolute atomic E-state index is 12.1. The van der Waals surface area contributed by atoms with Crippen LogP contribution in [0.2, 0.25) is 18.1 Å². The van der Waals surface area contributed by atoms with Crippen LogP contribution < -0.4 is 11.1 Å². The SMILES string of the molecule is CC(C)(C)[Si](C)(C)C#CC[C@@H](NC(=O)CCc1ccccc1)C(N)=O. The van der Waals surface area contributed by atoms with Crippen molar-refractivity contribution in [3.63, 3.8) is 0 Å². The molecule has 0 unspecified atom stereocenters. The Labute approximate surface area is 152 Å². The normalized spacial score (nSPS) is 12.7. The molecule has 1 atom stereocenters. The molecule has 0 fully saturated rings. The minimum atomic E-state index is -1.73. The van der Waals surface area contributed by atoms with Gasteiger partial charge in [-0.25, -0.2) is 0 Å². The summed E-state index contributed by atoms with van der Waals surface area (Å²) in [6, 6.07) is 9.03. The second kappa shape index (κ2) is 8.86. The van der Waals surface area contributed by atoms with Gasteiger partial charge in [-0.2, -0.15) is 0 Å². The molecule has 3 N–H and O–H groups in total. The van der Waals surface area contributed by atoms with Gasteiger partial charge in [-0.3, -0.25) is 9.59 Å². The molecule has 136 valence electrons. The number of carbonyl (C=O) groups is 2. The number of benzene rings is 1. The van der Waals surface area contributed by atoms with Crippen molar-refractivity contribution in [3.8, 4) is 11.5 Å². The molecule has 4 nitrogen and oxygen atoms in total. The van der Waals surface area contributed by atoms with Crippen molar-refractivity contribution in [1.29, 1.82) is 0 Å². The van der Waals surface area contributed by atoms with Gasteiger partial charge in [0.15, 0.2) is 0 Å². The zero-order valence-corrected chi connectivity index (χ0v) is 17.0. The summed E-state index contributed by atoms with van der Waals surface area (Å²) in [5.74, 6) is 2.37. The summed E-state index contributed by atoms with van der Waals surface area (Å²) in [6.07, 6.45) is 1.22. The maximum Gasteiger partial charge on any atom is 0.240 e. The number of hydrogen-bond acceptors (Lipinski definition) is 2. The van der Waals surface area contributed by atoms with Crippen LogP contribution in [0.5, 0.6) is 0 Å². The molecule has 0 radical (unpaired) electrons. The number of amides is 2. The third-order valence-electron chi connectivity index (χ3n) is 4.74. The average molecular weight is 359 g/mol. The van der Waals surface area contributed by atoms with Gasteiger partial charge in [0.1, 0.15) is 14.1 Å². The molecule has 1 aromatic carbocycles. The maximum atomic E-state index is 12.1. The van der Waals surface area contributed by atoms with Crippen LogP contribution in [-0.2, 0) is 16.0 Å². The van der Waals surface area contributed by atoms with Crippen LogP contribution in [0.3, 0.4) is 0 Å². The van der Waals surface area contributed by atoms with E-state index in [0.717, 1.165) is 5.56 Å². The molecule has 1 aromatic rings. The second-order valence-electron chi connectivity index (χ2n) is 7.89. The predicted octanol–water partition coefficient (Wildman–Crippen LogP) is 3.03. The molecule has 0 aromatic heterocycles. The number of primary amides is 1. The van der Waals surface area contributed by atoms with Gasteiger partial charge in [0.2, 0.25) is 11.8 Å². The van der Waals surface area contributed by atoms with Gasteiger partial charge in [-0.1, -0.05) is 64.2 Å². The van der Waals surface area contributed by atoms with E-state index in [9.17, 15) is 9.59 Å². The van der Waals surface area contributed by atoms with Crippen LogP contribution >= 0.6 is 0 Å². The van der Waals surface area contributed by atoms with E-state index < -0.39 is 20.0 Å². The molecule has 0 aliphatic carbocycles. The lowest BCUT2D eigenvalue weighted by Gasteiger charge is -2.31. The summed E-state index contributed by atoms with van der Waals surface area (Å²) in [6.45, 7) is 11.0. The number of hydrogen-bond donors (Lipinski definition) is 2. The van der Waals surface area contributed by atoms with Gasteiger partial charge in [0.25, 0.3) is 0 Å². The molecule has 0 spiro atoms. The lowest BCUT2D eigenvalue weighted by atomic mass is 10.1. The van der Waals surface area contributed by atoms with Gasteiger partial charge in [0.05, 0.1) is 0 Å². The quantitative estimate of drug-likeness (QED) is 0.606. The van der Waals surface area contributed by atoms with Crippen molar-refractivity contribution in [2.45, 2.75) is 64.2 Å². The summed E-state index contributed by atoms with van der Waals surface area (Å²) in [5, 5.41) is 2.87. The summed E-state index contributed by atoms with van der Waals surface area (Å²) in [7, 11) is -1.73. The number of rotatable bonds is 6.